The molecular weight excluding hydrogens is 288 g/mol. The molecule has 0 aliphatic carbocycles. The summed E-state index contributed by atoms with van der Waals surface area (Å²) in [6.07, 6.45) is 5.39. The lowest BCUT2D eigenvalue weighted by Crippen LogP contribution is -2.24. The third kappa shape index (κ3) is 2.95. The van der Waals surface area contributed by atoms with Crippen LogP contribution in [0.25, 0.3) is 0 Å². The fourth-order valence-corrected chi connectivity index (χ4v) is 1.68. The normalized spacial score (nSPS) is 10.2. The van der Waals surface area contributed by atoms with E-state index in [1.165, 1.54) is 40.7 Å². The van der Waals surface area contributed by atoms with Gasteiger partial charge in [-0.1, -0.05) is 6.07 Å². The molecule has 0 bridgehead atoms. The van der Waals surface area contributed by atoms with Gasteiger partial charge in [0.05, 0.1) is 0 Å². The minimum Gasteiger partial charge on any atom is -0.267 e. The van der Waals surface area contributed by atoms with Crippen molar-refractivity contribution in [3.8, 4) is 0 Å². The van der Waals surface area contributed by atoms with Gasteiger partial charge in [-0.25, -0.2) is 9.35 Å². The molecule has 2 heterocycles. The van der Waals surface area contributed by atoms with Gasteiger partial charge < -0.3 is 0 Å². The summed E-state index contributed by atoms with van der Waals surface area (Å²) in [5.41, 5.74) is 5.74. The first-order valence-electron chi connectivity index (χ1n) is 6.14. The summed E-state index contributed by atoms with van der Waals surface area (Å²) in [7, 11) is 0. The summed E-state index contributed by atoms with van der Waals surface area (Å²) in [5, 5.41) is 14.3. The standard InChI is InChI=1S/C12H10N8O2/c21-11(17-19-5-13-14-6-19)9-2-1-3-10(4-9)12(22)18-20-7-15-16-8-20/h1-8H,(H,17,21)(H,18,22). The van der Waals surface area contributed by atoms with Crippen molar-refractivity contribution >= 4 is 11.8 Å². The molecule has 10 nitrogen and oxygen atoms in total. The van der Waals surface area contributed by atoms with Gasteiger partial charge in [0.1, 0.15) is 25.3 Å². The number of nitrogens with zero attached hydrogens (tertiary/aromatic N) is 6. The van der Waals surface area contributed by atoms with E-state index in [2.05, 4.69) is 31.2 Å². The average molecular weight is 298 g/mol. The first kappa shape index (κ1) is 13.4. The molecule has 0 atom stereocenters. The van der Waals surface area contributed by atoms with Crippen molar-refractivity contribution in [2.75, 3.05) is 10.9 Å². The van der Waals surface area contributed by atoms with Gasteiger partial charge in [-0.3, -0.25) is 20.4 Å². The first-order chi connectivity index (χ1) is 10.7. The van der Waals surface area contributed by atoms with E-state index in [1.54, 1.807) is 18.2 Å². The highest BCUT2D eigenvalue weighted by molar-refractivity contribution is 6.04. The van der Waals surface area contributed by atoms with E-state index >= 15 is 0 Å². The van der Waals surface area contributed by atoms with Gasteiger partial charge in [0.15, 0.2) is 0 Å². The highest BCUT2D eigenvalue weighted by Gasteiger charge is 2.11. The Labute approximate surface area is 123 Å². The SMILES string of the molecule is O=C(Nn1cnnc1)c1cccc(C(=O)Nn2cnnc2)c1. The second-order valence-corrected chi connectivity index (χ2v) is 4.20. The minimum absolute atomic E-state index is 0.324. The van der Waals surface area contributed by atoms with E-state index < -0.39 is 11.8 Å². The molecule has 0 spiro atoms. The van der Waals surface area contributed by atoms with Crippen molar-refractivity contribution in [1.29, 1.82) is 0 Å². The molecule has 0 aliphatic rings. The van der Waals surface area contributed by atoms with Crippen molar-refractivity contribution < 1.29 is 9.59 Å². The van der Waals surface area contributed by atoms with Crippen LogP contribution >= 0.6 is 0 Å². The van der Waals surface area contributed by atoms with Gasteiger partial charge in [0.2, 0.25) is 0 Å². The third-order valence-corrected chi connectivity index (χ3v) is 2.69. The largest absolute Gasteiger partial charge is 0.270 e. The predicted molar refractivity (Wildman–Crippen MR) is 73.9 cm³/mol. The van der Waals surface area contributed by atoms with Crippen LogP contribution in [0.4, 0.5) is 0 Å². The van der Waals surface area contributed by atoms with Gasteiger partial charge in [0, 0.05) is 11.1 Å². The molecule has 2 N–H and O–H groups in total. The van der Waals surface area contributed by atoms with Crippen LogP contribution < -0.4 is 10.9 Å². The molecule has 10 heteroatoms. The molecule has 3 aromatic rings. The zero-order valence-corrected chi connectivity index (χ0v) is 11.1. The zero-order valence-electron chi connectivity index (χ0n) is 11.1. The monoisotopic (exact) mass is 298 g/mol. The highest BCUT2D eigenvalue weighted by Crippen LogP contribution is 2.06. The molecule has 1 aromatic carbocycles. The van der Waals surface area contributed by atoms with E-state index in [0.717, 1.165) is 0 Å². The highest BCUT2D eigenvalue weighted by atomic mass is 16.2. The first-order valence-corrected chi connectivity index (χ1v) is 6.14. The Kier molecular flexibility index (Phi) is 3.56. The Bertz CT molecular complexity index is 718. The number of benzene rings is 1. The minimum atomic E-state index is -0.390. The Morgan fingerprint density at radius 3 is 1.59 bits per heavy atom. The van der Waals surface area contributed by atoms with Gasteiger partial charge >= 0.3 is 0 Å². The molecule has 110 valence electrons. The Balaban J connectivity index is 1.74. The Morgan fingerprint density at radius 2 is 1.18 bits per heavy atom. The van der Waals surface area contributed by atoms with Crippen LogP contribution in [0.3, 0.4) is 0 Å². The van der Waals surface area contributed by atoms with E-state index in [-0.39, 0.29) is 0 Å². The Hall–Kier alpha value is -3.56. The molecule has 0 unspecified atom stereocenters. The van der Waals surface area contributed by atoms with E-state index in [9.17, 15) is 9.59 Å². The van der Waals surface area contributed by atoms with Crippen molar-refractivity contribution in [2.24, 2.45) is 0 Å². The maximum atomic E-state index is 12.1. The van der Waals surface area contributed by atoms with Crippen LogP contribution in [0, 0.1) is 0 Å². The van der Waals surface area contributed by atoms with E-state index in [0.29, 0.717) is 11.1 Å². The van der Waals surface area contributed by atoms with Crippen molar-refractivity contribution in [2.45, 2.75) is 0 Å². The topological polar surface area (TPSA) is 120 Å². The van der Waals surface area contributed by atoms with Crippen LogP contribution in [0.5, 0.6) is 0 Å². The number of nitrogens with one attached hydrogen (secondary N) is 2. The number of rotatable bonds is 4. The average Bonchev–Trinajstić information content (AvgIpc) is 3.21. The van der Waals surface area contributed by atoms with Gasteiger partial charge in [-0.15, -0.1) is 20.4 Å². The molecule has 0 aliphatic heterocycles. The Morgan fingerprint density at radius 1 is 0.773 bits per heavy atom. The van der Waals surface area contributed by atoms with E-state index in [1.807, 2.05) is 0 Å². The summed E-state index contributed by atoms with van der Waals surface area (Å²) >= 11 is 0. The molecule has 22 heavy (non-hydrogen) atoms. The fourth-order valence-electron chi connectivity index (χ4n) is 1.68. The second kappa shape index (κ2) is 5.83. The number of carbonyl (C=O) groups excluding carboxylic acids is 2. The maximum Gasteiger partial charge on any atom is 0.270 e. The summed E-state index contributed by atoms with van der Waals surface area (Å²) in [5.74, 6) is -0.780. The molecule has 0 fully saturated rings. The van der Waals surface area contributed by atoms with Crippen molar-refractivity contribution in [3.05, 3.63) is 60.7 Å². The molecule has 2 aromatic heterocycles. The number of amides is 2. The lowest BCUT2D eigenvalue weighted by atomic mass is 10.1. The molecule has 0 radical (unpaired) electrons. The van der Waals surface area contributed by atoms with Crippen LogP contribution in [0.2, 0.25) is 0 Å². The van der Waals surface area contributed by atoms with Crippen molar-refractivity contribution in [1.82, 2.24) is 29.7 Å². The number of aromatic nitrogens is 6. The lowest BCUT2D eigenvalue weighted by Gasteiger charge is -2.07. The predicted octanol–water partition coefficient (Wildman–Crippen LogP) is -0.363. The van der Waals surface area contributed by atoms with Crippen molar-refractivity contribution in [3.63, 3.8) is 0 Å². The van der Waals surface area contributed by atoms with Crippen LogP contribution in [-0.4, -0.2) is 41.6 Å². The number of hydrogen-bond acceptors (Lipinski definition) is 6. The summed E-state index contributed by atoms with van der Waals surface area (Å²) in [4.78, 5) is 24.1. The summed E-state index contributed by atoms with van der Waals surface area (Å²) in [6.45, 7) is 0. The van der Waals surface area contributed by atoms with Gasteiger partial charge in [-0.2, -0.15) is 0 Å². The lowest BCUT2D eigenvalue weighted by molar-refractivity contribution is 0.101. The van der Waals surface area contributed by atoms with Gasteiger partial charge in [-0.05, 0) is 18.2 Å². The van der Waals surface area contributed by atoms with Gasteiger partial charge in [0.25, 0.3) is 11.8 Å². The molecule has 0 saturated carbocycles. The molecule has 0 saturated heterocycles. The fraction of sp³-hybridized carbons (Fsp3) is 0. The van der Waals surface area contributed by atoms with Crippen LogP contribution in [-0.2, 0) is 0 Å². The molecule has 2 amide bonds. The third-order valence-electron chi connectivity index (χ3n) is 2.69. The van der Waals surface area contributed by atoms with Crippen LogP contribution in [0.1, 0.15) is 20.7 Å². The number of carbonyl (C=O) groups is 2. The summed E-state index contributed by atoms with van der Waals surface area (Å²) in [6, 6.07) is 6.27. The quantitative estimate of drug-likeness (QED) is 0.678. The smallest absolute Gasteiger partial charge is 0.267 e. The van der Waals surface area contributed by atoms with E-state index in [4.69, 9.17) is 0 Å². The summed E-state index contributed by atoms with van der Waals surface area (Å²) < 4.78 is 2.62. The number of hydrogen-bond donors (Lipinski definition) is 2. The zero-order chi connectivity index (χ0) is 15.4. The second-order valence-electron chi connectivity index (χ2n) is 4.20. The molecular formula is C12H10N8O2. The maximum absolute atomic E-state index is 12.1. The molecule has 3 rings (SSSR count). The van der Waals surface area contributed by atoms with Crippen LogP contribution in [0.15, 0.2) is 49.6 Å².